The Kier molecular flexibility index (Phi) is 8.37. The number of aromatic nitrogens is 2. The number of hydrogen-bond donors (Lipinski definition) is 3. The van der Waals surface area contributed by atoms with Gasteiger partial charge in [-0.1, -0.05) is 17.7 Å². The molecule has 0 aliphatic heterocycles. The highest BCUT2D eigenvalue weighted by Gasteiger charge is 2.18. The maximum Gasteiger partial charge on any atom is 0.239 e. The van der Waals surface area contributed by atoms with E-state index in [9.17, 15) is 9.18 Å². The summed E-state index contributed by atoms with van der Waals surface area (Å²) < 4.78 is 25.4. The molecule has 0 bridgehead atoms. The van der Waals surface area contributed by atoms with Crippen molar-refractivity contribution in [3.05, 3.63) is 53.1 Å². The fourth-order valence-corrected chi connectivity index (χ4v) is 3.34. The molecule has 0 unspecified atom stereocenters. The van der Waals surface area contributed by atoms with Gasteiger partial charge < -0.3 is 25.4 Å². The van der Waals surface area contributed by atoms with E-state index in [1.54, 1.807) is 38.4 Å². The van der Waals surface area contributed by atoms with Crippen molar-refractivity contribution in [3.63, 3.8) is 0 Å². The fourth-order valence-electron chi connectivity index (χ4n) is 3.17. The third kappa shape index (κ3) is 6.07. The second-order valence-corrected chi connectivity index (χ2v) is 7.98. The van der Waals surface area contributed by atoms with Gasteiger partial charge in [0.2, 0.25) is 5.91 Å². The molecule has 1 amide bonds. The summed E-state index contributed by atoms with van der Waals surface area (Å²) in [7, 11) is 3.25. The molecule has 33 heavy (non-hydrogen) atoms. The number of carbonyl (C=O) groups excluding carboxylic acids is 1. The van der Waals surface area contributed by atoms with E-state index in [0.29, 0.717) is 28.0 Å². The van der Waals surface area contributed by atoms with Crippen LogP contribution in [-0.4, -0.2) is 48.8 Å². The fraction of sp³-hybridized carbons (Fsp3) is 0.348. The van der Waals surface area contributed by atoms with E-state index in [1.807, 2.05) is 13.8 Å². The third-order valence-corrected chi connectivity index (χ3v) is 5.25. The van der Waals surface area contributed by atoms with Gasteiger partial charge in [-0.05, 0) is 39.1 Å². The Morgan fingerprint density at radius 3 is 2.73 bits per heavy atom. The van der Waals surface area contributed by atoms with Crippen LogP contribution in [0.2, 0.25) is 5.02 Å². The lowest BCUT2D eigenvalue weighted by Gasteiger charge is -2.18. The zero-order valence-electron chi connectivity index (χ0n) is 18.9. The van der Waals surface area contributed by atoms with Crippen LogP contribution in [0.5, 0.6) is 5.75 Å². The summed E-state index contributed by atoms with van der Waals surface area (Å²) >= 11 is 5.89. The first-order valence-electron chi connectivity index (χ1n) is 10.4. The lowest BCUT2D eigenvalue weighted by Crippen LogP contribution is -2.45. The SMILES string of the molecule is CN[C@@H](COC(C)C)C(=O)NCc1cc2c(Nc3cccc(Cl)c3F)ncnc2cc1OC. The van der Waals surface area contributed by atoms with Crippen LogP contribution in [0.25, 0.3) is 10.9 Å². The van der Waals surface area contributed by atoms with Crippen molar-refractivity contribution in [2.45, 2.75) is 32.5 Å². The Labute approximate surface area is 196 Å². The van der Waals surface area contributed by atoms with Gasteiger partial charge in [-0.15, -0.1) is 0 Å². The highest BCUT2D eigenvalue weighted by Crippen LogP contribution is 2.31. The summed E-state index contributed by atoms with van der Waals surface area (Å²) in [5.41, 5.74) is 1.50. The molecule has 3 rings (SSSR count). The van der Waals surface area contributed by atoms with E-state index in [4.69, 9.17) is 21.1 Å². The summed E-state index contributed by atoms with van der Waals surface area (Å²) in [5.74, 6) is 0.174. The number of amides is 1. The number of anilines is 2. The molecule has 0 saturated heterocycles. The van der Waals surface area contributed by atoms with E-state index in [1.165, 1.54) is 12.4 Å². The Bertz CT molecular complexity index is 1130. The molecule has 1 atom stereocenters. The Hall–Kier alpha value is -3.01. The zero-order valence-corrected chi connectivity index (χ0v) is 19.7. The van der Waals surface area contributed by atoms with Gasteiger partial charge in [0.05, 0.1) is 36.0 Å². The molecule has 2 aromatic carbocycles. The van der Waals surface area contributed by atoms with Crippen molar-refractivity contribution in [3.8, 4) is 5.75 Å². The molecular weight excluding hydrogens is 449 g/mol. The number of carbonyl (C=O) groups is 1. The third-order valence-electron chi connectivity index (χ3n) is 4.96. The van der Waals surface area contributed by atoms with Crippen molar-refractivity contribution in [2.75, 3.05) is 26.1 Å². The summed E-state index contributed by atoms with van der Waals surface area (Å²) in [6.45, 7) is 4.28. The molecule has 0 aliphatic rings. The number of nitrogens with zero attached hydrogens (tertiary/aromatic N) is 2. The van der Waals surface area contributed by atoms with E-state index < -0.39 is 11.9 Å². The monoisotopic (exact) mass is 475 g/mol. The van der Waals surface area contributed by atoms with E-state index in [-0.39, 0.29) is 35.9 Å². The molecule has 0 fully saturated rings. The normalized spacial score (nSPS) is 12.1. The van der Waals surface area contributed by atoms with Crippen LogP contribution in [0, 0.1) is 5.82 Å². The molecule has 0 radical (unpaired) electrons. The van der Waals surface area contributed by atoms with Crippen molar-refractivity contribution in [1.29, 1.82) is 0 Å². The lowest BCUT2D eigenvalue weighted by molar-refractivity contribution is -0.125. The number of nitrogens with one attached hydrogen (secondary N) is 3. The van der Waals surface area contributed by atoms with Crippen LogP contribution in [0.3, 0.4) is 0 Å². The van der Waals surface area contributed by atoms with Gasteiger partial charge in [0.1, 0.15) is 23.9 Å². The maximum atomic E-state index is 14.4. The van der Waals surface area contributed by atoms with Crippen LogP contribution in [0.4, 0.5) is 15.9 Å². The van der Waals surface area contributed by atoms with Crippen molar-refractivity contribution >= 4 is 39.9 Å². The molecule has 0 spiro atoms. The minimum Gasteiger partial charge on any atom is -0.496 e. The van der Waals surface area contributed by atoms with Crippen LogP contribution < -0.4 is 20.7 Å². The van der Waals surface area contributed by atoms with Gasteiger partial charge in [0.15, 0.2) is 5.82 Å². The number of likely N-dealkylation sites (N-methyl/N-ethyl adjacent to an activating group) is 1. The van der Waals surface area contributed by atoms with Gasteiger partial charge in [-0.25, -0.2) is 14.4 Å². The average molecular weight is 476 g/mol. The van der Waals surface area contributed by atoms with Crippen molar-refractivity contribution < 1.29 is 18.7 Å². The number of methoxy groups -OCH3 is 1. The number of ether oxygens (including phenoxy) is 2. The second-order valence-electron chi connectivity index (χ2n) is 7.57. The number of hydrogen-bond acceptors (Lipinski definition) is 7. The number of fused-ring (bicyclic) bond motifs is 1. The molecule has 3 N–H and O–H groups in total. The highest BCUT2D eigenvalue weighted by molar-refractivity contribution is 6.31. The first-order chi connectivity index (χ1) is 15.8. The second kappa shape index (κ2) is 11.2. The average Bonchev–Trinajstić information content (AvgIpc) is 2.80. The molecule has 176 valence electrons. The summed E-state index contributed by atoms with van der Waals surface area (Å²) in [5, 5.41) is 9.47. The minimum absolute atomic E-state index is 0.00367. The number of benzene rings is 2. The highest BCUT2D eigenvalue weighted by atomic mass is 35.5. The predicted octanol–water partition coefficient (Wildman–Crippen LogP) is 3.80. The molecule has 1 heterocycles. The van der Waals surface area contributed by atoms with Crippen LogP contribution in [-0.2, 0) is 16.1 Å². The van der Waals surface area contributed by atoms with Crippen molar-refractivity contribution in [2.24, 2.45) is 0 Å². The number of rotatable bonds is 10. The lowest BCUT2D eigenvalue weighted by atomic mass is 10.1. The molecule has 0 saturated carbocycles. The topological polar surface area (TPSA) is 97.4 Å². The van der Waals surface area contributed by atoms with Gasteiger partial charge in [0.25, 0.3) is 0 Å². The number of halogens is 2. The van der Waals surface area contributed by atoms with Crippen LogP contribution in [0.1, 0.15) is 19.4 Å². The Balaban J connectivity index is 1.87. The molecular formula is C23H27ClFN5O3. The zero-order chi connectivity index (χ0) is 24.0. The Morgan fingerprint density at radius 1 is 1.24 bits per heavy atom. The Morgan fingerprint density at radius 2 is 2.03 bits per heavy atom. The van der Waals surface area contributed by atoms with E-state index >= 15 is 0 Å². The van der Waals surface area contributed by atoms with Crippen molar-refractivity contribution in [1.82, 2.24) is 20.6 Å². The van der Waals surface area contributed by atoms with Gasteiger partial charge in [-0.3, -0.25) is 4.79 Å². The van der Waals surface area contributed by atoms with Gasteiger partial charge in [-0.2, -0.15) is 0 Å². The summed E-state index contributed by atoms with van der Waals surface area (Å²) in [4.78, 5) is 21.2. The quantitative estimate of drug-likeness (QED) is 0.410. The minimum atomic E-state index is -0.575. The smallest absolute Gasteiger partial charge is 0.239 e. The molecule has 3 aromatic rings. The molecule has 0 aliphatic carbocycles. The van der Waals surface area contributed by atoms with E-state index in [2.05, 4.69) is 25.9 Å². The maximum absolute atomic E-state index is 14.4. The van der Waals surface area contributed by atoms with Crippen LogP contribution in [0.15, 0.2) is 36.7 Å². The molecule has 1 aromatic heterocycles. The summed E-state index contributed by atoms with van der Waals surface area (Å²) in [6, 6.07) is 7.73. The van der Waals surface area contributed by atoms with Gasteiger partial charge >= 0.3 is 0 Å². The van der Waals surface area contributed by atoms with Crippen LogP contribution >= 0.6 is 11.6 Å². The molecule has 10 heteroatoms. The largest absolute Gasteiger partial charge is 0.496 e. The standard InChI is InChI=1S/C23H27ClFN5O3/c1-13(2)33-11-19(26-3)23(31)27-10-14-8-15-18(9-20(14)32-4)28-12-29-22(15)30-17-7-5-6-16(24)21(17)25/h5-9,12-13,19,26H,10-11H2,1-4H3,(H,27,31)(H,28,29,30)/t19-/m0/s1. The molecule has 8 nitrogen and oxygen atoms in total. The summed E-state index contributed by atoms with van der Waals surface area (Å²) in [6.07, 6.45) is 1.39. The van der Waals surface area contributed by atoms with E-state index in [0.717, 1.165) is 0 Å². The first kappa shape index (κ1) is 24.6. The predicted molar refractivity (Wildman–Crippen MR) is 127 cm³/mol. The first-order valence-corrected chi connectivity index (χ1v) is 10.8. The van der Waals surface area contributed by atoms with Gasteiger partial charge in [0, 0.05) is 23.6 Å².